The third kappa shape index (κ3) is 4.09. The van der Waals surface area contributed by atoms with Gasteiger partial charge in [-0.2, -0.15) is 0 Å². The first-order chi connectivity index (χ1) is 9.61. The first kappa shape index (κ1) is 15.1. The molecule has 0 bridgehead atoms. The molecule has 1 aliphatic carbocycles. The number of aliphatic hydroxyl groups is 1. The second-order valence-electron chi connectivity index (χ2n) is 5.52. The van der Waals surface area contributed by atoms with Gasteiger partial charge in [-0.05, 0) is 30.9 Å². The predicted octanol–water partition coefficient (Wildman–Crippen LogP) is 2.74. The molecule has 1 fully saturated rings. The van der Waals surface area contributed by atoms with Crippen LogP contribution in [0.15, 0.2) is 12.1 Å². The molecule has 1 heterocycles. The SMILES string of the molecule is CC(C)CN(C(=O)c1ccc(C#CCCO)s1)C1CC1. The van der Waals surface area contributed by atoms with Gasteiger partial charge in [-0.15, -0.1) is 11.3 Å². The van der Waals surface area contributed by atoms with Crippen molar-refractivity contribution >= 4 is 17.2 Å². The van der Waals surface area contributed by atoms with Crippen molar-refractivity contribution in [3.63, 3.8) is 0 Å². The fraction of sp³-hybridized carbons (Fsp3) is 0.562. The Morgan fingerprint density at radius 1 is 1.50 bits per heavy atom. The van der Waals surface area contributed by atoms with Crippen LogP contribution in [0, 0.1) is 17.8 Å². The van der Waals surface area contributed by atoms with E-state index in [2.05, 4.69) is 25.7 Å². The Morgan fingerprint density at radius 2 is 2.25 bits per heavy atom. The highest BCUT2D eigenvalue weighted by atomic mass is 32.1. The van der Waals surface area contributed by atoms with Gasteiger partial charge in [0.2, 0.25) is 0 Å². The lowest BCUT2D eigenvalue weighted by Crippen LogP contribution is -2.35. The van der Waals surface area contributed by atoms with Crippen molar-refractivity contribution < 1.29 is 9.90 Å². The van der Waals surface area contributed by atoms with Crippen molar-refractivity contribution in [2.45, 2.75) is 39.2 Å². The molecule has 1 saturated carbocycles. The molecule has 0 spiro atoms. The molecule has 2 rings (SSSR count). The van der Waals surface area contributed by atoms with Gasteiger partial charge < -0.3 is 10.0 Å². The van der Waals surface area contributed by atoms with E-state index in [9.17, 15) is 4.79 Å². The molecule has 0 unspecified atom stereocenters. The van der Waals surface area contributed by atoms with Crippen molar-refractivity contribution in [3.05, 3.63) is 21.9 Å². The number of carbonyl (C=O) groups excluding carboxylic acids is 1. The van der Waals surface area contributed by atoms with E-state index in [1.807, 2.05) is 17.0 Å². The maximum absolute atomic E-state index is 12.6. The number of hydrogen-bond acceptors (Lipinski definition) is 3. The van der Waals surface area contributed by atoms with Gasteiger partial charge in [-0.3, -0.25) is 4.79 Å². The summed E-state index contributed by atoms with van der Waals surface area (Å²) in [5, 5.41) is 8.70. The molecule has 0 aromatic carbocycles. The fourth-order valence-corrected chi connectivity index (χ4v) is 2.88. The molecule has 0 saturated heterocycles. The lowest BCUT2D eigenvalue weighted by Gasteiger charge is -2.23. The van der Waals surface area contributed by atoms with E-state index in [0.717, 1.165) is 29.1 Å². The second-order valence-corrected chi connectivity index (χ2v) is 6.61. The smallest absolute Gasteiger partial charge is 0.264 e. The number of thiophene rings is 1. The van der Waals surface area contributed by atoms with Crippen LogP contribution in [0.3, 0.4) is 0 Å². The Balaban J connectivity index is 2.06. The van der Waals surface area contributed by atoms with Gasteiger partial charge in [0.05, 0.1) is 16.4 Å². The highest BCUT2D eigenvalue weighted by Gasteiger charge is 2.33. The van der Waals surface area contributed by atoms with Gasteiger partial charge in [-0.1, -0.05) is 25.7 Å². The molecule has 0 radical (unpaired) electrons. The van der Waals surface area contributed by atoms with Gasteiger partial charge in [0.15, 0.2) is 0 Å². The number of aliphatic hydroxyl groups excluding tert-OH is 1. The number of nitrogens with zero attached hydrogens (tertiary/aromatic N) is 1. The predicted molar refractivity (Wildman–Crippen MR) is 81.8 cm³/mol. The Bertz CT molecular complexity index is 520. The summed E-state index contributed by atoms with van der Waals surface area (Å²) in [7, 11) is 0. The van der Waals surface area contributed by atoms with Gasteiger partial charge in [-0.25, -0.2) is 0 Å². The lowest BCUT2D eigenvalue weighted by molar-refractivity contribution is 0.0727. The minimum atomic E-state index is 0.0774. The zero-order chi connectivity index (χ0) is 14.5. The van der Waals surface area contributed by atoms with E-state index >= 15 is 0 Å². The molecule has 20 heavy (non-hydrogen) atoms. The van der Waals surface area contributed by atoms with Gasteiger partial charge in [0, 0.05) is 19.0 Å². The summed E-state index contributed by atoms with van der Waals surface area (Å²) in [5.74, 6) is 6.50. The van der Waals surface area contributed by atoms with Crippen molar-refractivity contribution in [3.8, 4) is 11.8 Å². The normalized spacial score (nSPS) is 14.0. The quantitative estimate of drug-likeness (QED) is 0.847. The summed E-state index contributed by atoms with van der Waals surface area (Å²) < 4.78 is 0. The third-order valence-corrected chi connectivity index (χ3v) is 4.06. The average Bonchev–Trinajstić information content (AvgIpc) is 3.14. The first-order valence-electron chi connectivity index (χ1n) is 7.12. The molecule has 1 aromatic heterocycles. The van der Waals surface area contributed by atoms with E-state index in [0.29, 0.717) is 18.4 Å². The van der Waals surface area contributed by atoms with Crippen LogP contribution in [-0.4, -0.2) is 35.1 Å². The first-order valence-corrected chi connectivity index (χ1v) is 7.94. The van der Waals surface area contributed by atoms with E-state index in [1.165, 1.54) is 11.3 Å². The van der Waals surface area contributed by atoms with Crippen LogP contribution in [-0.2, 0) is 0 Å². The summed E-state index contributed by atoms with van der Waals surface area (Å²) in [6.07, 6.45) is 2.74. The van der Waals surface area contributed by atoms with Crippen LogP contribution in [0.5, 0.6) is 0 Å². The molecule has 0 aliphatic heterocycles. The Labute approximate surface area is 124 Å². The Hall–Kier alpha value is -1.31. The average molecular weight is 291 g/mol. The standard InChI is InChI=1S/C16H21NO2S/c1-12(2)11-17(13-6-7-13)16(19)15-9-8-14(20-15)5-3-4-10-18/h8-9,12-13,18H,4,6-7,10-11H2,1-2H3. The Kier molecular flexibility index (Phi) is 5.22. The molecule has 4 heteroatoms. The topological polar surface area (TPSA) is 40.5 Å². The van der Waals surface area contributed by atoms with Crippen LogP contribution in [0.25, 0.3) is 0 Å². The van der Waals surface area contributed by atoms with Gasteiger partial charge in [0.25, 0.3) is 5.91 Å². The van der Waals surface area contributed by atoms with Crippen LogP contribution >= 0.6 is 11.3 Å². The van der Waals surface area contributed by atoms with Crippen LogP contribution < -0.4 is 0 Å². The van der Waals surface area contributed by atoms with Crippen LogP contribution in [0.2, 0.25) is 0 Å². The minimum Gasteiger partial charge on any atom is -0.395 e. The molecular formula is C16H21NO2S. The number of hydrogen-bond donors (Lipinski definition) is 1. The molecule has 1 amide bonds. The van der Waals surface area contributed by atoms with E-state index in [-0.39, 0.29) is 12.5 Å². The molecule has 108 valence electrons. The van der Waals surface area contributed by atoms with Crippen molar-refractivity contribution in [2.24, 2.45) is 5.92 Å². The summed E-state index contributed by atoms with van der Waals surface area (Å²) in [6, 6.07) is 4.20. The molecule has 1 aliphatic rings. The van der Waals surface area contributed by atoms with Crippen molar-refractivity contribution in [1.82, 2.24) is 4.90 Å². The highest BCUT2D eigenvalue weighted by Crippen LogP contribution is 2.30. The van der Waals surface area contributed by atoms with E-state index < -0.39 is 0 Å². The fourth-order valence-electron chi connectivity index (χ4n) is 2.04. The van der Waals surface area contributed by atoms with Crippen molar-refractivity contribution in [1.29, 1.82) is 0 Å². The van der Waals surface area contributed by atoms with Crippen molar-refractivity contribution in [2.75, 3.05) is 13.2 Å². The summed E-state index contributed by atoms with van der Waals surface area (Å²) in [6.45, 7) is 5.19. The van der Waals surface area contributed by atoms with Gasteiger partial charge >= 0.3 is 0 Å². The molecule has 0 atom stereocenters. The summed E-state index contributed by atoms with van der Waals surface area (Å²) >= 11 is 1.45. The molecular weight excluding hydrogens is 270 g/mol. The minimum absolute atomic E-state index is 0.0774. The maximum atomic E-state index is 12.6. The van der Waals surface area contributed by atoms with E-state index in [1.54, 1.807) is 0 Å². The lowest BCUT2D eigenvalue weighted by atomic mass is 10.2. The summed E-state index contributed by atoms with van der Waals surface area (Å²) in [4.78, 5) is 16.2. The third-order valence-electron chi connectivity index (χ3n) is 3.08. The summed E-state index contributed by atoms with van der Waals surface area (Å²) in [5.41, 5.74) is 0. The second kappa shape index (κ2) is 6.92. The number of rotatable bonds is 5. The highest BCUT2D eigenvalue weighted by molar-refractivity contribution is 7.14. The largest absolute Gasteiger partial charge is 0.395 e. The molecule has 3 nitrogen and oxygen atoms in total. The van der Waals surface area contributed by atoms with Crippen LogP contribution in [0.1, 0.15) is 47.7 Å². The molecule has 1 N–H and O–H groups in total. The van der Waals surface area contributed by atoms with E-state index in [4.69, 9.17) is 5.11 Å². The van der Waals surface area contributed by atoms with Gasteiger partial charge in [0.1, 0.15) is 0 Å². The molecule has 1 aromatic rings. The maximum Gasteiger partial charge on any atom is 0.264 e. The number of amides is 1. The van der Waals surface area contributed by atoms with Crippen LogP contribution in [0.4, 0.5) is 0 Å². The number of carbonyl (C=O) groups is 1. The zero-order valence-electron chi connectivity index (χ0n) is 12.1. The Morgan fingerprint density at radius 3 is 2.85 bits per heavy atom. The monoisotopic (exact) mass is 291 g/mol. The zero-order valence-corrected chi connectivity index (χ0v) is 12.9.